The minimum atomic E-state index is -0.124. The Bertz CT molecular complexity index is 1180. The van der Waals surface area contributed by atoms with Crippen molar-refractivity contribution in [1.82, 2.24) is 0 Å². The van der Waals surface area contributed by atoms with E-state index in [1.165, 1.54) is 62.5 Å². The average molecular weight is 545 g/mol. The quantitative estimate of drug-likeness (QED) is 0.187. The molecule has 4 rings (SSSR count). The predicted molar refractivity (Wildman–Crippen MR) is 166 cm³/mol. The predicted octanol–water partition coefficient (Wildman–Crippen LogP) is 9.64. The number of aliphatic hydroxyl groups is 2. The molecule has 0 amide bonds. The number of benzene rings is 3. The molecule has 1 aliphatic rings. The molecule has 0 unspecified atom stereocenters. The third-order valence-corrected chi connectivity index (χ3v) is 8.91. The second kappa shape index (κ2) is 16.1. The summed E-state index contributed by atoms with van der Waals surface area (Å²) in [6.45, 7) is 2.68. The lowest BCUT2D eigenvalue weighted by Crippen LogP contribution is -2.13. The number of unbranched alkanes of at least 4 members (excludes halogenated alkanes) is 4. The molecule has 3 heteroatoms. The van der Waals surface area contributed by atoms with E-state index in [1.54, 1.807) is 6.07 Å². The number of aliphatic hydroxyl groups excluding tert-OH is 2. The molecule has 0 bridgehead atoms. The summed E-state index contributed by atoms with van der Waals surface area (Å²) in [4.78, 5) is 0. The zero-order chi connectivity index (χ0) is 28.2. The van der Waals surface area contributed by atoms with Crippen LogP contribution in [0.3, 0.4) is 0 Å². The van der Waals surface area contributed by atoms with E-state index in [0.717, 1.165) is 66.7 Å². The van der Waals surface area contributed by atoms with Crippen LogP contribution in [0.15, 0.2) is 60.7 Å². The van der Waals surface area contributed by atoms with Gasteiger partial charge in [0.05, 0.1) is 0 Å². The molecule has 3 aromatic rings. The van der Waals surface area contributed by atoms with Crippen LogP contribution in [0.1, 0.15) is 107 Å². The molecule has 2 N–H and O–H groups in total. The van der Waals surface area contributed by atoms with Crippen LogP contribution in [-0.2, 0) is 12.8 Å². The van der Waals surface area contributed by atoms with Gasteiger partial charge in [-0.2, -0.15) is 0 Å². The van der Waals surface area contributed by atoms with E-state index in [0.29, 0.717) is 11.5 Å². The molecular formula is C37H49FO2. The Labute approximate surface area is 241 Å². The third-order valence-electron chi connectivity index (χ3n) is 8.91. The molecule has 1 fully saturated rings. The van der Waals surface area contributed by atoms with Gasteiger partial charge < -0.3 is 10.2 Å². The fraction of sp³-hybridized carbons (Fsp3) is 0.514. The highest BCUT2D eigenvalue weighted by molar-refractivity contribution is 5.76. The van der Waals surface area contributed by atoms with Crippen LogP contribution in [0.25, 0.3) is 22.3 Å². The molecule has 0 radical (unpaired) electrons. The molecule has 216 valence electrons. The maximum atomic E-state index is 15.7. The van der Waals surface area contributed by atoms with Gasteiger partial charge in [0.15, 0.2) is 0 Å². The smallest absolute Gasteiger partial charge is 0.131 e. The van der Waals surface area contributed by atoms with E-state index < -0.39 is 0 Å². The Balaban J connectivity index is 1.54. The van der Waals surface area contributed by atoms with Gasteiger partial charge in [-0.05, 0) is 115 Å². The maximum Gasteiger partial charge on any atom is 0.131 e. The Morgan fingerprint density at radius 3 is 2.25 bits per heavy atom. The van der Waals surface area contributed by atoms with Crippen molar-refractivity contribution < 1.29 is 14.6 Å². The molecule has 40 heavy (non-hydrogen) atoms. The van der Waals surface area contributed by atoms with E-state index in [1.807, 2.05) is 6.07 Å². The fourth-order valence-corrected chi connectivity index (χ4v) is 6.50. The van der Waals surface area contributed by atoms with Gasteiger partial charge in [0, 0.05) is 18.8 Å². The zero-order valence-corrected chi connectivity index (χ0v) is 24.5. The Kier molecular flexibility index (Phi) is 12.2. The molecule has 0 atom stereocenters. The normalized spacial score (nSPS) is 17.3. The monoisotopic (exact) mass is 544 g/mol. The summed E-state index contributed by atoms with van der Waals surface area (Å²) in [7, 11) is 0. The van der Waals surface area contributed by atoms with Crippen LogP contribution in [-0.4, -0.2) is 23.4 Å². The summed E-state index contributed by atoms with van der Waals surface area (Å²) in [5.41, 5.74) is 7.50. The molecule has 0 heterocycles. The molecule has 0 aliphatic heterocycles. The minimum Gasteiger partial charge on any atom is -0.396 e. The van der Waals surface area contributed by atoms with Gasteiger partial charge in [-0.1, -0.05) is 87.6 Å². The van der Waals surface area contributed by atoms with Crippen LogP contribution in [0.4, 0.5) is 4.39 Å². The number of rotatable bonds is 15. The first-order chi connectivity index (χ1) is 19.6. The van der Waals surface area contributed by atoms with Crippen molar-refractivity contribution in [2.75, 3.05) is 13.2 Å². The second-order valence-electron chi connectivity index (χ2n) is 11.9. The van der Waals surface area contributed by atoms with Gasteiger partial charge in [-0.15, -0.1) is 0 Å². The van der Waals surface area contributed by atoms with Crippen molar-refractivity contribution in [3.05, 3.63) is 83.2 Å². The largest absolute Gasteiger partial charge is 0.396 e. The Morgan fingerprint density at radius 1 is 0.700 bits per heavy atom. The van der Waals surface area contributed by atoms with Gasteiger partial charge in [-0.25, -0.2) is 4.39 Å². The summed E-state index contributed by atoms with van der Waals surface area (Å²) in [5.74, 6) is 1.21. The van der Waals surface area contributed by atoms with Gasteiger partial charge in [-0.3, -0.25) is 0 Å². The first-order valence-electron chi connectivity index (χ1n) is 15.9. The van der Waals surface area contributed by atoms with E-state index in [4.69, 9.17) is 0 Å². The fourth-order valence-electron chi connectivity index (χ4n) is 6.50. The lowest BCUT2D eigenvalue weighted by atomic mass is 9.77. The molecule has 0 aromatic heterocycles. The molecule has 3 aromatic carbocycles. The van der Waals surface area contributed by atoms with Gasteiger partial charge in [0.1, 0.15) is 5.82 Å². The van der Waals surface area contributed by atoms with Gasteiger partial charge >= 0.3 is 0 Å². The highest BCUT2D eigenvalue weighted by Gasteiger charge is 2.23. The van der Waals surface area contributed by atoms with Crippen molar-refractivity contribution in [3.8, 4) is 22.3 Å². The Hall–Kier alpha value is -2.49. The van der Waals surface area contributed by atoms with E-state index in [-0.39, 0.29) is 19.0 Å². The number of hydrogen-bond donors (Lipinski definition) is 2. The molecule has 0 saturated heterocycles. The first kappa shape index (κ1) is 30.5. The van der Waals surface area contributed by atoms with Gasteiger partial charge in [0.2, 0.25) is 0 Å². The molecule has 1 aliphatic carbocycles. The lowest BCUT2D eigenvalue weighted by Gasteiger charge is -2.29. The molecule has 0 spiro atoms. The summed E-state index contributed by atoms with van der Waals surface area (Å²) < 4.78 is 15.7. The molecular weight excluding hydrogens is 495 g/mol. The van der Waals surface area contributed by atoms with E-state index in [2.05, 4.69) is 55.5 Å². The highest BCUT2D eigenvalue weighted by Crippen LogP contribution is 2.39. The first-order valence-corrected chi connectivity index (χ1v) is 15.9. The van der Waals surface area contributed by atoms with E-state index in [9.17, 15) is 10.2 Å². The van der Waals surface area contributed by atoms with Crippen molar-refractivity contribution in [2.45, 2.75) is 103 Å². The van der Waals surface area contributed by atoms with Crippen molar-refractivity contribution in [3.63, 3.8) is 0 Å². The molecule has 2 nitrogen and oxygen atoms in total. The Morgan fingerprint density at radius 2 is 1.50 bits per heavy atom. The SMILES string of the molecule is CCCCCC1CCC(c2ccc(-c3ccc(CCCCCO)c(-c4cccc(CCCO)c4)c3)c(F)c2)CC1. The number of halogens is 1. The lowest BCUT2D eigenvalue weighted by molar-refractivity contribution is 0.283. The van der Waals surface area contributed by atoms with Crippen LogP contribution < -0.4 is 0 Å². The standard InChI is InChI=1S/C37H49FO2/c1-2-3-5-10-28-15-17-30(18-16-28)32-21-22-35(37(38)27-32)34-20-19-31(13-6-4-7-23-39)36(26-34)33-14-8-11-29(25-33)12-9-24-40/h8,11,14,19-22,25-28,30,39-40H,2-7,9-10,12-13,15-18,23-24H2,1H3. The second-order valence-corrected chi connectivity index (χ2v) is 11.9. The van der Waals surface area contributed by atoms with Crippen LogP contribution in [0.5, 0.6) is 0 Å². The number of hydrogen-bond acceptors (Lipinski definition) is 2. The van der Waals surface area contributed by atoms with Crippen molar-refractivity contribution in [1.29, 1.82) is 0 Å². The van der Waals surface area contributed by atoms with Crippen molar-refractivity contribution in [2.24, 2.45) is 5.92 Å². The third kappa shape index (κ3) is 8.51. The summed E-state index contributed by atoms with van der Waals surface area (Å²) in [6, 6.07) is 20.9. The van der Waals surface area contributed by atoms with Gasteiger partial charge in [0.25, 0.3) is 0 Å². The topological polar surface area (TPSA) is 40.5 Å². The van der Waals surface area contributed by atoms with Crippen LogP contribution in [0.2, 0.25) is 0 Å². The summed E-state index contributed by atoms with van der Waals surface area (Å²) >= 11 is 0. The minimum absolute atomic E-state index is 0.124. The maximum absolute atomic E-state index is 15.7. The zero-order valence-electron chi connectivity index (χ0n) is 24.5. The van der Waals surface area contributed by atoms with Crippen molar-refractivity contribution >= 4 is 0 Å². The summed E-state index contributed by atoms with van der Waals surface area (Å²) in [5, 5.41) is 18.5. The highest BCUT2D eigenvalue weighted by atomic mass is 19.1. The molecule has 1 saturated carbocycles. The van der Waals surface area contributed by atoms with Crippen LogP contribution >= 0.6 is 0 Å². The van der Waals surface area contributed by atoms with E-state index >= 15 is 4.39 Å². The average Bonchev–Trinajstić information content (AvgIpc) is 2.99. The summed E-state index contributed by atoms with van der Waals surface area (Å²) in [6.07, 6.45) is 15.6. The van der Waals surface area contributed by atoms with Crippen LogP contribution in [0, 0.1) is 11.7 Å². The number of aryl methyl sites for hydroxylation is 2.